The third kappa shape index (κ3) is 3.65. The molecule has 0 bridgehead atoms. The van der Waals surface area contributed by atoms with Crippen LogP contribution in [0.1, 0.15) is 5.82 Å². The van der Waals surface area contributed by atoms with Gasteiger partial charge in [0.15, 0.2) is 11.5 Å². The highest BCUT2D eigenvalue weighted by Crippen LogP contribution is 2.33. The third-order valence-corrected chi connectivity index (χ3v) is 9.37. The van der Waals surface area contributed by atoms with E-state index >= 15 is 0 Å². The smallest absolute Gasteiger partial charge is 0.381 e. The van der Waals surface area contributed by atoms with E-state index in [-0.39, 0.29) is 27.9 Å². The van der Waals surface area contributed by atoms with Crippen LogP contribution in [0.15, 0.2) is 152 Å². The molecule has 0 N–H and O–H groups in total. The fraction of sp³-hybridized carbons (Fsp3) is 0. The predicted molar refractivity (Wildman–Crippen MR) is 187 cm³/mol. The van der Waals surface area contributed by atoms with Crippen molar-refractivity contribution in [2.75, 3.05) is 0 Å². The minimum absolute atomic E-state index is 0.0210. The average Bonchev–Trinajstić information content (AvgIpc) is 3.65. The Bertz CT molecular complexity index is 2270. The van der Waals surface area contributed by atoms with Crippen LogP contribution in [-0.4, -0.2) is 70.7 Å². The van der Waals surface area contributed by atoms with Crippen molar-refractivity contribution in [3.63, 3.8) is 0 Å². The van der Waals surface area contributed by atoms with Gasteiger partial charge in [0, 0.05) is 5.57 Å². The summed E-state index contributed by atoms with van der Waals surface area (Å²) in [6, 6.07) is 18.5. The van der Waals surface area contributed by atoms with Crippen LogP contribution < -0.4 is 0 Å². The van der Waals surface area contributed by atoms with Crippen LogP contribution in [0.5, 0.6) is 0 Å². The standard InChI is InChI=1S/C33H25B4N9/c1-2-12-27(13-3-1)45-32-30(46-29-15-5-4-14-28(29)39-33(45)46)25-38-31(40-32)26-16-23-44-36-19-7-10-21-42(36)34-17-6-9-20-41(34)35-18-8-11-22-43(35)37(44)24-26/h1-25H. The Labute approximate surface area is 267 Å². The number of allylic oxidation sites excluding steroid dienone is 8. The van der Waals surface area contributed by atoms with Crippen molar-refractivity contribution >= 4 is 61.5 Å². The molecule has 5 aromatic rings. The highest BCUT2D eigenvalue weighted by Gasteiger charge is 2.50. The van der Waals surface area contributed by atoms with Gasteiger partial charge in [-0.15, -0.1) is 0 Å². The Balaban J connectivity index is 1.14. The van der Waals surface area contributed by atoms with E-state index in [1.807, 2.05) is 42.6 Å². The van der Waals surface area contributed by atoms with Crippen molar-refractivity contribution in [1.82, 2.24) is 42.8 Å². The number of nitrogens with zero attached hydrogens (tertiary/aromatic N) is 9. The molecule has 0 radical (unpaired) electrons. The number of hydrogen-bond acceptors (Lipinski definition) is 7. The molecule has 0 spiro atoms. The van der Waals surface area contributed by atoms with Gasteiger partial charge in [0.05, 0.1) is 22.9 Å². The molecule has 46 heavy (non-hydrogen) atoms. The van der Waals surface area contributed by atoms with Gasteiger partial charge in [0.1, 0.15) is 5.52 Å². The molecule has 1 fully saturated rings. The molecular weight excluding hydrogens is 566 g/mol. The monoisotopic (exact) mass is 591 g/mol. The SMILES string of the molecule is C1=CB2N(C=C1)B1C=CC=CN1B1C=C(c3ncc4c(n3)n(-c3ccccc3)c3nc5ccccc5n43)C=CN1B1C=CC=CN21. The number of fused-ring (bicyclic) bond motifs is 13. The first kappa shape index (κ1) is 25.5. The van der Waals surface area contributed by atoms with E-state index in [0.717, 1.165) is 39.2 Å². The Morgan fingerprint density at radius 2 is 1.20 bits per heavy atom. The van der Waals surface area contributed by atoms with E-state index < -0.39 is 0 Å². The zero-order valence-corrected chi connectivity index (χ0v) is 24.8. The van der Waals surface area contributed by atoms with Crippen LogP contribution in [0.3, 0.4) is 0 Å². The second-order valence-electron chi connectivity index (χ2n) is 11.9. The van der Waals surface area contributed by atoms with E-state index in [0.29, 0.717) is 5.82 Å². The minimum Gasteiger partial charge on any atom is -0.423 e. The maximum atomic E-state index is 5.26. The molecule has 5 aliphatic heterocycles. The maximum Gasteiger partial charge on any atom is 0.381 e. The summed E-state index contributed by atoms with van der Waals surface area (Å²) < 4.78 is 13.9. The van der Waals surface area contributed by atoms with E-state index in [4.69, 9.17) is 15.0 Å². The van der Waals surface area contributed by atoms with Crippen molar-refractivity contribution in [1.29, 1.82) is 0 Å². The lowest BCUT2D eigenvalue weighted by atomic mass is 9.41. The van der Waals surface area contributed by atoms with Gasteiger partial charge in [-0.2, -0.15) is 0 Å². The summed E-state index contributed by atoms with van der Waals surface area (Å²) in [5, 5.41) is 0. The molecule has 8 heterocycles. The van der Waals surface area contributed by atoms with E-state index in [1.165, 1.54) is 0 Å². The van der Waals surface area contributed by atoms with Gasteiger partial charge in [-0.05, 0) is 73.4 Å². The van der Waals surface area contributed by atoms with Gasteiger partial charge < -0.3 is 18.9 Å². The maximum absolute atomic E-state index is 5.26. The molecular formula is C33H25B4N9. The van der Waals surface area contributed by atoms with Crippen molar-refractivity contribution in [3.05, 3.63) is 158 Å². The number of aromatic nitrogens is 5. The van der Waals surface area contributed by atoms with Crippen LogP contribution in [0.2, 0.25) is 0 Å². The highest BCUT2D eigenvalue weighted by atomic mass is 15.3. The van der Waals surface area contributed by atoms with Crippen molar-refractivity contribution < 1.29 is 0 Å². The summed E-state index contributed by atoms with van der Waals surface area (Å²) in [4.78, 5) is 15.3. The number of hydrogen-bond donors (Lipinski definition) is 0. The molecule has 2 aromatic carbocycles. The van der Waals surface area contributed by atoms with Crippen LogP contribution >= 0.6 is 0 Å². The molecule has 0 amide bonds. The molecule has 0 saturated carbocycles. The molecule has 1 saturated heterocycles. The van der Waals surface area contributed by atoms with Gasteiger partial charge >= 0.3 is 27.9 Å². The van der Waals surface area contributed by atoms with E-state index in [9.17, 15) is 0 Å². The molecule has 13 heteroatoms. The molecule has 0 aliphatic carbocycles. The van der Waals surface area contributed by atoms with Gasteiger partial charge in [0.25, 0.3) is 0 Å². The lowest BCUT2D eigenvalue weighted by molar-refractivity contribution is 0.622. The first-order valence-electron chi connectivity index (χ1n) is 15.6. The zero-order valence-electron chi connectivity index (χ0n) is 24.8. The fourth-order valence-corrected chi connectivity index (χ4v) is 7.32. The molecule has 0 unspecified atom stereocenters. The fourth-order valence-electron chi connectivity index (χ4n) is 7.32. The quantitative estimate of drug-likeness (QED) is 0.276. The lowest BCUT2D eigenvalue weighted by Gasteiger charge is -2.53. The topological polar surface area (TPSA) is 61.0 Å². The molecule has 3 aromatic heterocycles. The van der Waals surface area contributed by atoms with E-state index in [2.05, 4.69) is 137 Å². The largest absolute Gasteiger partial charge is 0.423 e. The van der Waals surface area contributed by atoms with Gasteiger partial charge in [-0.1, -0.05) is 72.5 Å². The Morgan fingerprint density at radius 3 is 1.91 bits per heavy atom. The Morgan fingerprint density at radius 1 is 0.565 bits per heavy atom. The van der Waals surface area contributed by atoms with Gasteiger partial charge in [-0.3, -0.25) is 8.97 Å². The number of para-hydroxylation sites is 3. The lowest BCUT2D eigenvalue weighted by Crippen LogP contribution is -2.73. The van der Waals surface area contributed by atoms with Crippen LogP contribution in [-0.2, 0) is 0 Å². The zero-order chi connectivity index (χ0) is 30.2. The summed E-state index contributed by atoms with van der Waals surface area (Å²) in [5.41, 5.74) is 5.68. The van der Waals surface area contributed by atoms with Crippen LogP contribution in [0.25, 0.3) is 39.2 Å². The van der Waals surface area contributed by atoms with Crippen LogP contribution in [0.4, 0.5) is 0 Å². The second kappa shape index (κ2) is 9.84. The number of benzene rings is 2. The average molecular weight is 591 g/mol. The number of rotatable bonds is 2. The summed E-state index contributed by atoms with van der Waals surface area (Å²) in [6.45, 7) is 0.0306. The van der Waals surface area contributed by atoms with E-state index in [1.54, 1.807) is 0 Å². The molecule has 10 rings (SSSR count). The minimum atomic E-state index is -0.0865. The van der Waals surface area contributed by atoms with Crippen molar-refractivity contribution in [2.24, 2.45) is 0 Å². The Kier molecular flexibility index (Phi) is 5.45. The summed E-state index contributed by atoms with van der Waals surface area (Å²) in [6.07, 6.45) is 25.6. The molecule has 0 atom stereocenters. The molecule has 9 nitrogen and oxygen atoms in total. The summed E-state index contributed by atoms with van der Waals surface area (Å²) in [7, 11) is 0. The summed E-state index contributed by atoms with van der Waals surface area (Å²) in [5.74, 6) is 10.6. The molecule has 214 valence electrons. The number of imidazole rings is 2. The normalized spacial score (nSPS) is 18.0. The highest BCUT2D eigenvalue weighted by molar-refractivity contribution is 6.92. The summed E-state index contributed by atoms with van der Waals surface area (Å²) >= 11 is 0. The van der Waals surface area contributed by atoms with Gasteiger partial charge in [-0.25, -0.2) is 15.0 Å². The predicted octanol–water partition coefficient (Wildman–Crippen LogP) is 4.71. The first-order valence-corrected chi connectivity index (χ1v) is 15.6. The Hall–Kier alpha value is -5.83. The third-order valence-electron chi connectivity index (χ3n) is 9.37. The second-order valence-corrected chi connectivity index (χ2v) is 11.9. The van der Waals surface area contributed by atoms with Crippen molar-refractivity contribution in [3.8, 4) is 5.69 Å². The first-order chi connectivity index (χ1) is 22.8. The van der Waals surface area contributed by atoms with Gasteiger partial charge in [0.2, 0.25) is 5.78 Å². The molecule has 5 aliphatic rings. The van der Waals surface area contributed by atoms with Crippen LogP contribution in [0, 0.1) is 0 Å². The van der Waals surface area contributed by atoms with Crippen molar-refractivity contribution in [2.45, 2.75) is 0 Å².